The first-order valence-electron chi connectivity index (χ1n) is 8.99. The van der Waals surface area contributed by atoms with Crippen LogP contribution in [-0.2, 0) is 12.7 Å². The molecule has 152 valence electrons. The van der Waals surface area contributed by atoms with Gasteiger partial charge in [-0.2, -0.15) is 13.2 Å². The number of hydrogen-bond donors (Lipinski definition) is 1. The molecule has 2 aromatic heterocycles. The summed E-state index contributed by atoms with van der Waals surface area (Å²) in [5.74, 6) is 1.43. The maximum Gasteiger partial charge on any atom is 0.433 e. The normalized spacial score (nSPS) is 11.3. The van der Waals surface area contributed by atoms with Gasteiger partial charge in [-0.3, -0.25) is 4.98 Å². The molecule has 0 radical (unpaired) electrons. The number of anilines is 1. The van der Waals surface area contributed by atoms with E-state index in [9.17, 15) is 13.2 Å². The van der Waals surface area contributed by atoms with Crippen molar-refractivity contribution < 1.29 is 17.9 Å². The number of hydrogen-bond acceptors (Lipinski definition) is 5. The number of nitrogens with one attached hydrogen (secondary N) is 1. The molecule has 4 rings (SSSR count). The molecule has 0 aliphatic rings. The summed E-state index contributed by atoms with van der Waals surface area (Å²) in [5.41, 5.74) is 0.700. The van der Waals surface area contributed by atoms with Gasteiger partial charge in [-0.25, -0.2) is 4.68 Å². The second kappa shape index (κ2) is 8.24. The quantitative estimate of drug-likeness (QED) is 0.479. The minimum atomic E-state index is -4.49. The Bertz CT molecular complexity index is 1110. The summed E-state index contributed by atoms with van der Waals surface area (Å²) in [4.78, 5) is 3.34. The summed E-state index contributed by atoms with van der Waals surface area (Å²) in [5, 5.41) is 11.0. The lowest BCUT2D eigenvalue weighted by atomic mass is 10.3. The van der Waals surface area contributed by atoms with E-state index in [1.54, 1.807) is 10.9 Å². The molecular weight excluding hydrogens is 395 g/mol. The molecule has 0 aliphatic carbocycles. The van der Waals surface area contributed by atoms with Crippen LogP contribution in [0.5, 0.6) is 11.5 Å². The first kappa shape index (κ1) is 19.4. The highest BCUT2D eigenvalue weighted by molar-refractivity contribution is 5.44. The lowest BCUT2D eigenvalue weighted by Gasteiger charge is -2.08. The van der Waals surface area contributed by atoms with Gasteiger partial charge in [0.25, 0.3) is 0 Å². The van der Waals surface area contributed by atoms with E-state index in [2.05, 4.69) is 20.6 Å². The Morgan fingerprint density at radius 2 is 1.67 bits per heavy atom. The third kappa shape index (κ3) is 4.75. The summed E-state index contributed by atoms with van der Waals surface area (Å²) in [6, 6.07) is 19.2. The van der Waals surface area contributed by atoms with Gasteiger partial charge in [0.2, 0.25) is 0 Å². The maximum atomic E-state index is 12.7. The van der Waals surface area contributed by atoms with Crippen molar-refractivity contribution in [2.24, 2.45) is 0 Å². The third-order valence-electron chi connectivity index (χ3n) is 4.15. The first-order chi connectivity index (χ1) is 14.5. The first-order valence-corrected chi connectivity index (χ1v) is 8.99. The van der Waals surface area contributed by atoms with E-state index in [0.29, 0.717) is 17.1 Å². The summed E-state index contributed by atoms with van der Waals surface area (Å²) in [7, 11) is 0. The van der Waals surface area contributed by atoms with Crippen molar-refractivity contribution in [2.45, 2.75) is 12.7 Å². The lowest BCUT2D eigenvalue weighted by Crippen LogP contribution is -2.09. The van der Waals surface area contributed by atoms with Crippen molar-refractivity contribution in [3.8, 4) is 17.2 Å². The SMILES string of the molecule is FC(F)(F)c1cc(NCc2cn(-c3ccc(Oc4ccccc4)cc3)nn2)ccn1. The van der Waals surface area contributed by atoms with E-state index in [4.69, 9.17) is 4.74 Å². The fraction of sp³-hybridized carbons (Fsp3) is 0.0952. The molecule has 0 spiro atoms. The van der Waals surface area contributed by atoms with E-state index in [1.807, 2.05) is 54.6 Å². The molecule has 0 aliphatic heterocycles. The molecule has 0 atom stereocenters. The standard InChI is InChI=1S/C21H16F3N5O/c22-21(23,24)20-12-15(10-11-25-20)26-13-16-14-29(28-27-16)17-6-8-19(9-7-17)30-18-4-2-1-3-5-18/h1-12,14H,13H2,(H,25,26). The van der Waals surface area contributed by atoms with Crippen LogP contribution in [0.4, 0.5) is 18.9 Å². The molecule has 0 bridgehead atoms. The molecule has 0 fully saturated rings. The molecule has 1 N–H and O–H groups in total. The zero-order valence-corrected chi connectivity index (χ0v) is 15.5. The van der Waals surface area contributed by atoms with Crippen LogP contribution in [0, 0.1) is 0 Å². The van der Waals surface area contributed by atoms with Gasteiger partial charge in [0.15, 0.2) is 0 Å². The van der Waals surface area contributed by atoms with Crippen molar-refractivity contribution >= 4 is 5.69 Å². The molecule has 6 nitrogen and oxygen atoms in total. The summed E-state index contributed by atoms with van der Waals surface area (Å²) < 4.78 is 45.6. The zero-order valence-electron chi connectivity index (χ0n) is 15.5. The topological polar surface area (TPSA) is 64.9 Å². The third-order valence-corrected chi connectivity index (χ3v) is 4.15. The largest absolute Gasteiger partial charge is 0.457 e. The number of pyridine rings is 1. The van der Waals surface area contributed by atoms with Crippen LogP contribution in [0.15, 0.2) is 79.1 Å². The highest BCUT2D eigenvalue weighted by atomic mass is 19.4. The fourth-order valence-electron chi connectivity index (χ4n) is 2.69. The Labute approximate surface area is 170 Å². The summed E-state index contributed by atoms with van der Waals surface area (Å²) >= 11 is 0. The minimum absolute atomic E-state index is 0.219. The van der Waals surface area contributed by atoms with Crippen LogP contribution in [-0.4, -0.2) is 20.0 Å². The lowest BCUT2D eigenvalue weighted by molar-refractivity contribution is -0.141. The molecule has 4 aromatic rings. The number of ether oxygens (including phenoxy) is 1. The number of rotatable bonds is 6. The number of nitrogens with zero attached hydrogens (tertiary/aromatic N) is 4. The molecule has 0 saturated carbocycles. The van der Waals surface area contributed by atoms with Crippen LogP contribution in [0.25, 0.3) is 5.69 Å². The maximum absolute atomic E-state index is 12.7. The minimum Gasteiger partial charge on any atom is -0.457 e. The zero-order chi connectivity index (χ0) is 21.0. The van der Waals surface area contributed by atoms with Crippen molar-refractivity contribution in [3.05, 3.63) is 90.5 Å². The molecule has 30 heavy (non-hydrogen) atoms. The van der Waals surface area contributed by atoms with Crippen LogP contribution >= 0.6 is 0 Å². The number of aromatic nitrogens is 4. The van der Waals surface area contributed by atoms with E-state index in [0.717, 1.165) is 23.7 Å². The molecule has 0 saturated heterocycles. The van der Waals surface area contributed by atoms with Gasteiger partial charge in [0, 0.05) is 11.9 Å². The predicted molar refractivity (Wildman–Crippen MR) is 104 cm³/mol. The van der Waals surface area contributed by atoms with Gasteiger partial charge in [-0.1, -0.05) is 23.4 Å². The van der Waals surface area contributed by atoms with Gasteiger partial charge >= 0.3 is 6.18 Å². The van der Waals surface area contributed by atoms with Gasteiger partial charge in [-0.05, 0) is 48.5 Å². The summed E-state index contributed by atoms with van der Waals surface area (Å²) in [6.45, 7) is 0.219. The highest BCUT2D eigenvalue weighted by Gasteiger charge is 2.32. The molecule has 2 aromatic carbocycles. The average molecular weight is 411 g/mol. The molecule has 0 amide bonds. The Morgan fingerprint density at radius 3 is 2.40 bits per heavy atom. The second-order valence-electron chi connectivity index (χ2n) is 6.34. The Balaban J connectivity index is 1.39. The average Bonchev–Trinajstić information content (AvgIpc) is 3.22. The number of para-hydroxylation sites is 1. The number of alkyl halides is 3. The fourth-order valence-corrected chi connectivity index (χ4v) is 2.69. The Hall–Kier alpha value is -3.88. The Morgan fingerprint density at radius 1 is 0.933 bits per heavy atom. The van der Waals surface area contributed by atoms with Gasteiger partial charge < -0.3 is 10.1 Å². The van der Waals surface area contributed by atoms with Crippen molar-refractivity contribution in [1.29, 1.82) is 0 Å². The van der Waals surface area contributed by atoms with Gasteiger partial charge in [-0.15, -0.1) is 5.10 Å². The van der Waals surface area contributed by atoms with Crippen molar-refractivity contribution in [2.75, 3.05) is 5.32 Å². The van der Waals surface area contributed by atoms with Crippen LogP contribution in [0.1, 0.15) is 11.4 Å². The second-order valence-corrected chi connectivity index (χ2v) is 6.34. The Kier molecular flexibility index (Phi) is 5.34. The van der Waals surface area contributed by atoms with E-state index >= 15 is 0 Å². The highest BCUT2D eigenvalue weighted by Crippen LogP contribution is 2.29. The van der Waals surface area contributed by atoms with Crippen molar-refractivity contribution in [3.63, 3.8) is 0 Å². The van der Waals surface area contributed by atoms with Crippen LogP contribution < -0.4 is 10.1 Å². The number of benzene rings is 2. The predicted octanol–water partition coefficient (Wildman–Crippen LogP) is 5.09. The van der Waals surface area contributed by atoms with E-state index in [1.165, 1.54) is 6.07 Å². The number of halogens is 3. The smallest absolute Gasteiger partial charge is 0.433 e. The van der Waals surface area contributed by atoms with Gasteiger partial charge in [0.05, 0.1) is 18.4 Å². The van der Waals surface area contributed by atoms with Gasteiger partial charge in [0.1, 0.15) is 22.9 Å². The molecular formula is C21H16F3N5O. The molecule has 0 unspecified atom stereocenters. The summed E-state index contributed by atoms with van der Waals surface area (Å²) in [6.07, 6.45) is -1.68. The van der Waals surface area contributed by atoms with E-state index < -0.39 is 11.9 Å². The molecule has 2 heterocycles. The monoisotopic (exact) mass is 411 g/mol. The van der Waals surface area contributed by atoms with Crippen LogP contribution in [0.3, 0.4) is 0 Å². The van der Waals surface area contributed by atoms with E-state index in [-0.39, 0.29) is 6.54 Å². The molecule has 9 heteroatoms. The van der Waals surface area contributed by atoms with Crippen molar-refractivity contribution in [1.82, 2.24) is 20.0 Å². The van der Waals surface area contributed by atoms with Crippen LogP contribution in [0.2, 0.25) is 0 Å².